The van der Waals surface area contributed by atoms with E-state index in [9.17, 15) is 5.26 Å². The molecule has 1 aliphatic rings. The first-order valence-corrected chi connectivity index (χ1v) is 10.8. The van der Waals surface area contributed by atoms with Crippen LogP contribution < -0.4 is 15.1 Å². The molecule has 34 heavy (non-hydrogen) atoms. The Morgan fingerprint density at radius 1 is 1.21 bits per heavy atom. The Balaban J connectivity index is 1.49. The van der Waals surface area contributed by atoms with Crippen LogP contribution in [-0.4, -0.2) is 43.8 Å². The van der Waals surface area contributed by atoms with E-state index in [1.54, 1.807) is 6.33 Å². The summed E-state index contributed by atoms with van der Waals surface area (Å²) in [6, 6.07) is 13.7. The second-order valence-corrected chi connectivity index (χ2v) is 8.18. The second kappa shape index (κ2) is 8.71. The molecule has 10 heteroatoms. The van der Waals surface area contributed by atoms with Crippen LogP contribution in [0.1, 0.15) is 22.9 Å². The van der Waals surface area contributed by atoms with Gasteiger partial charge in [-0.3, -0.25) is 4.98 Å². The third-order valence-electron chi connectivity index (χ3n) is 5.54. The van der Waals surface area contributed by atoms with E-state index in [4.69, 9.17) is 9.97 Å². The van der Waals surface area contributed by atoms with Gasteiger partial charge in [0.05, 0.1) is 35.2 Å². The van der Waals surface area contributed by atoms with Gasteiger partial charge in [-0.1, -0.05) is 6.07 Å². The van der Waals surface area contributed by atoms with Crippen LogP contribution in [0.25, 0.3) is 17.5 Å². The molecule has 1 aromatic carbocycles. The topological polar surface area (TPSA) is 115 Å². The number of nitriles is 1. The Hall–Kier alpha value is -4.65. The standard InChI is InChI=1S/C24H24N10/c1-16-5-4-6-18(29-16)23-24(33-10-9-22-27-14-28-34(22)15-33)31-21(30-23)13-26-19-11-17(12-25)7-8-20(19)32(2)3/h4-11,14,26H,13,15H2,1-3H3,(H,30,31). The molecule has 4 heterocycles. The number of fused-ring (bicyclic) bond motifs is 1. The summed E-state index contributed by atoms with van der Waals surface area (Å²) in [5, 5.41) is 17.0. The Bertz CT molecular complexity index is 1410. The molecule has 0 fully saturated rings. The number of nitrogens with zero attached hydrogens (tertiary/aromatic N) is 8. The van der Waals surface area contributed by atoms with E-state index in [2.05, 4.69) is 26.5 Å². The predicted molar refractivity (Wildman–Crippen MR) is 131 cm³/mol. The fourth-order valence-electron chi connectivity index (χ4n) is 3.88. The first kappa shape index (κ1) is 21.2. The highest BCUT2D eigenvalue weighted by atomic mass is 15.4. The van der Waals surface area contributed by atoms with Crippen LogP contribution in [-0.2, 0) is 13.2 Å². The minimum Gasteiger partial charge on any atom is -0.376 e. The van der Waals surface area contributed by atoms with E-state index in [0.29, 0.717) is 18.8 Å². The van der Waals surface area contributed by atoms with Crippen molar-refractivity contribution in [3.63, 3.8) is 0 Å². The lowest BCUT2D eigenvalue weighted by molar-refractivity contribution is 0.600. The number of imidazole rings is 1. The zero-order chi connectivity index (χ0) is 23.7. The summed E-state index contributed by atoms with van der Waals surface area (Å²) in [7, 11) is 3.94. The van der Waals surface area contributed by atoms with Gasteiger partial charge in [0.25, 0.3) is 0 Å². The van der Waals surface area contributed by atoms with Crippen molar-refractivity contribution < 1.29 is 0 Å². The molecular weight excluding hydrogens is 428 g/mol. The van der Waals surface area contributed by atoms with Crippen molar-refractivity contribution in [1.29, 1.82) is 5.26 Å². The van der Waals surface area contributed by atoms with Crippen molar-refractivity contribution in [3.8, 4) is 17.5 Å². The molecule has 3 aromatic heterocycles. The number of benzene rings is 1. The number of hydrogen-bond acceptors (Lipinski definition) is 8. The number of H-pyrrole nitrogens is 1. The van der Waals surface area contributed by atoms with E-state index in [-0.39, 0.29) is 0 Å². The van der Waals surface area contributed by atoms with Gasteiger partial charge in [0.2, 0.25) is 0 Å². The number of pyridine rings is 1. The van der Waals surface area contributed by atoms with E-state index < -0.39 is 0 Å². The van der Waals surface area contributed by atoms with Gasteiger partial charge < -0.3 is 20.1 Å². The van der Waals surface area contributed by atoms with Gasteiger partial charge in [-0.15, -0.1) is 0 Å². The second-order valence-electron chi connectivity index (χ2n) is 8.18. The summed E-state index contributed by atoms with van der Waals surface area (Å²) in [6.45, 7) is 2.91. The third-order valence-corrected chi connectivity index (χ3v) is 5.54. The highest BCUT2D eigenvalue weighted by molar-refractivity contribution is 5.73. The lowest BCUT2D eigenvalue weighted by Gasteiger charge is -2.22. The van der Waals surface area contributed by atoms with Crippen LogP contribution in [0.3, 0.4) is 0 Å². The average Bonchev–Trinajstić information content (AvgIpc) is 3.49. The summed E-state index contributed by atoms with van der Waals surface area (Å²) in [5.74, 6) is 2.31. The van der Waals surface area contributed by atoms with Crippen molar-refractivity contribution in [1.82, 2.24) is 29.7 Å². The normalized spacial score (nSPS) is 12.4. The van der Waals surface area contributed by atoms with Crippen molar-refractivity contribution >= 4 is 23.3 Å². The van der Waals surface area contributed by atoms with Gasteiger partial charge in [0.15, 0.2) is 11.6 Å². The number of aromatic amines is 1. The average molecular weight is 453 g/mol. The Labute approximate surface area is 197 Å². The lowest BCUT2D eigenvalue weighted by atomic mass is 10.1. The number of anilines is 3. The first-order chi connectivity index (χ1) is 16.5. The van der Waals surface area contributed by atoms with Crippen LogP contribution in [0.4, 0.5) is 17.2 Å². The van der Waals surface area contributed by atoms with E-state index in [0.717, 1.165) is 45.9 Å². The van der Waals surface area contributed by atoms with Crippen LogP contribution >= 0.6 is 0 Å². The molecule has 0 radical (unpaired) electrons. The molecule has 170 valence electrons. The fraction of sp³-hybridized carbons (Fsp3) is 0.208. The molecule has 5 rings (SSSR count). The third kappa shape index (κ3) is 4.06. The summed E-state index contributed by atoms with van der Waals surface area (Å²) >= 11 is 0. The van der Waals surface area contributed by atoms with Gasteiger partial charge in [0.1, 0.15) is 24.5 Å². The molecule has 2 N–H and O–H groups in total. The summed E-state index contributed by atoms with van der Waals surface area (Å²) in [6.07, 6.45) is 5.41. The molecule has 0 amide bonds. The van der Waals surface area contributed by atoms with Crippen LogP contribution in [0, 0.1) is 18.3 Å². The molecular formula is C24H24N10. The molecule has 0 unspecified atom stereocenters. The molecule has 0 spiro atoms. The summed E-state index contributed by atoms with van der Waals surface area (Å²) in [5.41, 5.74) is 5.01. The SMILES string of the molecule is Cc1cccc(-c2[nH]c(CNc3cc(C#N)ccc3N(C)C)nc2N2C=Cc3ncnn3C2)n1. The molecule has 0 aliphatic carbocycles. The summed E-state index contributed by atoms with van der Waals surface area (Å²) < 4.78 is 1.82. The molecule has 0 bridgehead atoms. The largest absolute Gasteiger partial charge is 0.376 e. The molecule has 1 aliphatic heterocycles. The number of aromatic nitrogens is 6. The summed E-state index contributed by atoms with van der Waals surface area (Å²) in [4.78, 5) is 21.3. The van der Waals surface area contributed by atoms with Crippen LogP contribution in [0.15, 0.2) is 48.9 Å². The van der Waals surface area contributed by atoms with Crippen LogP contribution in [0.2, 0.25) is 0 Å². The smallest absolute Gasteiger partial charge is 0.162 e. The van der Waals surface area contributed by atoms with Crippen molar-refractivity contribution in [2.75, 3.05) is 29.2 Å². The minimum atomic E-state index is 0.445. The molecule has 0 atom stereocenters. The minimum absolute atomic E-state index is 0.445. The van der Waals surface area contributed by atoms with Gasteiger partial charge in [-0.05, 0) is 43.3 Å². The molecule has 0 saturated carbocycles. The number of aryl methyl sites for hydroxylation is 1. The Morgan fingerprint density at radius 2 is 2.09 bits per heavy atom. The van der Waals surface area contributed by atoms with Crippen molar-refractivity contribution in [2.45, 2.75) is 20.1 Å². The van der Waals surface area contributed by atoms with Crippen molar-refractivity contribution in [3.05, 3.63) is 71.8 Å². The first-order valence-electron chi connectivity index (χ1n) is 10.8. The van der Waals surface area contributed by atoms with Gasteiger partial charge in [0, 0.05) is 26.0 Å². The highest BCUT2D eigenvalue weighted by Gasteiger charge is 2.22. The molecule has 4 aromatic rings. The maximum atomic E-state index is 9.32. The quantitative estimate of drug-likeness (QED) is 0.458. The van der Waals surface area contributed by atoms with Gasteiger partial charge in [-0.2, -0.15) is 10.4 Å². The van der Waals surface area contributed by atoms with E-state index in [1.807, 2.05) is 84.2 Å². The van der Waals surface area contributed by atoms with Gasteiger partial charge in [-0.25, -0.2) is 14.6 Å². The fourth-order valence-corrected chi connectivity index (χ4v) is 3.88. The maximum Gasteiger partial charge on any atom is 0.162 e. The van der Waals surface area contributed by atoms with E-state index >= 15 is 0 Å². The Kier molecular flexibility index (Phi) is 5.43. The van der Waals surface area contributed by atoms with Crippen LogP contribution in [0.5, 0.6) is 0 Å². The number of nitrogens with one attached hydrogen (secondary N) is 2. The number of hydrogen-bond donors (Lipinski definition) is 2. The predicted octanol–water partition coefficient (Wildman–Crippen LogP) is 3.37. The molecule has 10 nitrogen and oxygen atoms in total. The zero-order valence-corrected chi connectivity index (χ0v) is 19.2. The molecule has 0 saturated heterocycles. The monoisotopic (exact) mass is 452 g/mol. The highest BCUT2D eigenvalue weighted by Crippen LogP contribution is 2.31. The van der Waals surface area contributed by atoms with Crippen molar-refractivity contribution in [2.24, 2.45) is 0 Å². The lowest BCUT2D eigenvalue weighted by Crippen LogP contribution is -2.26. The zero-order valence-electron chi connectivity index (χ0n) is 19.2. The maximum absolute atomic E-state index is 9.32. The van der Waals surface area contributed by atoms with Gasteiger partial charge >= 0.3 is 0 Å². The Morgan fingerprint density at radius 3 is 2.88 bits per heavy atom. The number of rotatable bonds is 6. The van der Waals surface area contributed by atoms with E-state index in [1.165, 1.54) is 0 Å².